The van der Waals surface area contributed by atoms with E-state index in [9.17, 15) is 4.79 Å². The predicted molar refractivity (Wildman–Crippen MR) is 58.5 cm³/mol. The third-order valence-corrected chi connectivity index (χ3v) is 1.71. The molecule has 0 fully saturated rings. The molecule has 0 amide bonds. The molecule has 0 radical (unpaired) electrons. The highest BCUT2D eigenvalue weighted by Gasteiger charge is 1.98. The Bertz CT molecular complexity index is 279. The van der Waals surface area contributed by atoms with Crippen LogP contribution in [-0.4, -0.2) is 11.1 Å². The molecule has 1 aromatic rings. The van der Waals surface area contributed by atoms with Gasteiger partial charge < -0.3 is 5.11 Å². The molecule has 0 saturated heterocycles. The molecule has 0 heterocycles. The maximum absolute atomic E-state index is 10.3. The highest BCUT2D eigenvalue weighted by Crippen LogP contribution is 2.06. The van der Waals surface area contributed by atoms with Crippen LogP contribution in [0, 0.1) is 6.92 Å². The Morgan fingerprint density at radius 1 is 1.36 bits per heavy atom. The first-order valence-electron chi connectivity index (χ1n) is 4.96. The van der Waals surface area contributed by atoms with Crippen LogP contribution in [0.2, 0.25) is 0 Å². The number of aryl methyl sites for hydroxylation is 2. The summed E-state index contributed by atoms with van der Waals surface area (Å²) in [6, 6.07) is 7.93. The number of rotatable bonds is 3. The molecular weight excluding hydrogens is 176 g/mol. The Balaban J connectivity index is 0.000000791. The van der Waals surface area contributed by atoms with E-state index in [0.29, 0.717) is 6.42 Å². The van der Waals surface area contributed by atoms with E-state index >= 15 is 0 Å². The number of hydrogen-bond donors (Lipinski definition) is 1. The van der Waals surface area contributed by atoms with Crippen LogP contribution in [0.5, 0.6) is 0 Å². The lowest BCUT2D eigenvalue weighted by Gasteiger charge is -1.98. The van der Waals surface area contributed by atoms with Gasteiger partial charge in [0.25, 0.3) is 0 Å². The lowest BCUT2D eigenvalue weighted by atomic mass is 10.1. The molecule has 0 spiro atoms. The van der Waals surface area contributed by atoms with E-state index in [4.69, 9.17) is 5.11 Å². The van der Waals surface area contributed by atoms with Crippen molar-refractivity contribution in [2.45, 2.75) is 33.6 Å². The summed E-state index contributed by atoms with van der Waals surface area (Å²) in [6.07, 6.45) is 0.834. The summed E-state index contributed by atoms with van der Waals surface area (Å²) in [5.74, 6) is -0.739. The van der Waals surface area contributed by atoms with Crippen molar-refractivity contribution in [3.8, 4) is 0 Å². The highest BCUT2D eigenvalue weighted by molar-refractivity contribution is 5.67. The van der Waals surface area contributed by atoms with Crippen LogP contribution >= 0.6 is 0 Å². The Morgan fingerprint density at radius 3 is 2.50 bits per heavy atom. The summed E-state index contributed by atoms with van der Waals surface area (Å²) in [5.41, 5.74) is 2.27. The van der Waals surface area contributed by atoms with E-state index < -0.39 is 5.97 Å². The summed E-state index contributed by atoms with van der Waals surface area (Å²) in [4.78, 5) is 10.3. The molecule has 0 atom stereocenters. The van der Waals surface area contributed by atoms with Crippen molar-refractivity contribution in [2.24, 2.45) is 0 Å². The van der Waals surface area contributed by atoms with Crippen LogP contribution in [-0.2, 0) is 11.2 Å². The molecule has 0 saturated carbocycles. The van der Waals surface area contributed by atoms with Gasteiger partial charge in [-0.15, -0.1) is 0 Å². The minimum atomic E-state index is -0.739. The van der Waals surface area contributed by atoms with Gasteiger partial charge in [-0.3, -0.25) is 4.79 Å². The topological polar surface area (TPSA) is 37.3 Å². The van der Waals surface area contributed by atoms with Gasteiger partial charge in [0, 0.05) is 6.42 Å². The Kier molecular flexibility index (Phi) is 6.46. The van der Waals surface area contributed by atoms with Gasteiger partial charge in [-0.2, -0.15) is 0 Å². The number of benzene rings is 1. The molecule has 0 bridgehead atoms. The maximum atomic E-state index is 10.3. The van der Waals surface area contributed by atoms with Crippen molar-refractivity contribution in [2.75, 3.05) is 0 Å². The van der Waals surface area contributed by atoms with Gasteiger partial charge in [0.05, 0.1) is 0 Å². The number of hydrogen-bond acceptors (Lipinski definition) is 1. The molecule has 2 nitrogen and oxygen atoms in total. The number of aliphatic carboxylic acids is 1. The number of carboxylic acid groups (broad SMARTS) is 1. The minimum Gasteiger partial charge on any atom is -0.481 e. The third kappa shape index (κ3) is 5.36. The van der Waals surface area contributed by atoms with Crippen molar-refractivity contribution in [1.29, 1.82) is 0 Å². The van der Waals surface area contributed by atoms with E-state index in [2.05, 4.69) is 0 Å². The summed E-state index contributed by atoms with van der Waals surface area (Å²) in [6.45, 7) is 6.00. The van der Waals surface area contributed by atoms with Crippen molar-refractivity contribution < 1.29 is 9.90 Å². The fraction of sp³-hybridized carbons (Fsp3) is 0.417. The monoisotopic (exact) mass is 194 g/mol. The molecule has 0 aliphatic rings. The van der Waals surface area contributed by atoms with Crippen LogP contribution in [0.25, 0.3) is 0 Å². The van der Waals surface area contributed by atoms with E-state index in [1.165, 1.54) is 5.56 Å². The first-order chi connectivity index (χ1) is 6.68. The van der Waals surface area contributed by atoms with Gasteiger partial charge in [0.15, 0.2) is 0 Å². The molecule has 1 aromatic carbocycles. The zero-order valence-electron chi connectivity index (χ0n) is 9.08. The van der Waals surface area contributed by atoms with Crippen molar-refractivity contribution in [3.63, 3.8) is 0 Å². The Labute approximate surface area is 85.6 Å². The van der Waals surface area contributed by atoms with Gasteiger partial charge in [0.2, 0.25) is 0 Å². The fourth-order valence-corrected chi connectivity index (χ4v) is 1.12. The molecule has 1 N–H and O–H groups in total. The van der Waals surface area contributed by atoms with Crippen LogP contribution < -0.4 is 0 Å². The average molecular weight is 194 g/mol. The number of carboxylic acids is 1. The maximum Gasteiger partial charge on any atom is 0.303 e. The quantitative estimate of drug-likeness (QED) is 0.803. The van der Waals surface area contributed by atoms with Crippen molar-refractivity contribution >= 4 is 5.97 Å². The lowest BCUT2D eigenvalue weighted by Crippen LogP contribution is -1.97. The molecule has 2 heteroatoms. The molecule has 1 rings (SSSR count). The van der Waals surface area contributed by atoms with Crippen LogP contribution in [0.3, 0.4) is 0 Å². The summed E-state index contributed by atoms with van der Waals surface area (Å²) < 4.78 is 0. The normalized spacial score (nSPS) is 8.79. The fourth-order valence-electron chi connectivity index (χ4n) is 1.12. The minimum absolute atomic E-state index is 0.212. The van der Waals surface area contributed by atoms with Gasteiger partial charge in [0.1, 0.15) is 0 Å². The predicted octanol–water partition coefficient (Wildman–Crippen LogP) is 3.04. The van der Waals surface area contributed by atoms with E-state index in [1.807, 2.05) is 45.0 Å². The largest absolute Gasteiger partial charge is 0.481 e. The second kappa shape index (κ2) is 7.13. The zero-order valence-corrected chi connectivity index (χ0v) is 9.08. The van der Waals surface area contributed by atoms with Crippen LogP contribution in [0.15, 0.2) is 24.3 Å². The standard InChI is InChI=1S/C10H12O2.C2H6/c1-8-3-2-4-9(7-8)5-6-10(11)12;1-2/h2-4,7H,5-6H2,1H3,(H,11,12);1-2H3. The average Bonchev–Trinajstić information content (AvgIpc) is 2.18. The molecule has 0 aromatic heterocycles. The van der Waals surface area contributed by atoms with Crippen molar-refractivity contribution in [3.05, 3.63) is 35.4 Å². The molecule has 78 valence electrons. The second-order valence-electron chi connectivity index (χ2n) is 2.88. The molecule has 0 aliphatic carbocycles. The molecule has 0 aliphatic heterocycles. The second-order valence-corrected chi connectivity index (χ2v) is 2.88. The summed E-state index contributed by atoms with van der Waals surface area (Å²) in [7, 11) is 0. The Hall–Kier alpha value is -1.31. The third-order valence-electron chi connectivity index (χ3n) is 1.71. The van der Waals surface area contributed by atoms with Gasteiger partial charge in [-0.25, -0.2) is 0 Å². The van der Waals surface area contributed by atoms with Gasteiger partial charge >= 0.3 is 5.97 Å². The zero-order chi connectivity index (χ0) is 11.0. The molecular formula is C12H18O2. The van der Waals surface area contributed by atoms with Crippen LogP contribution in [0.4, 0.5) is 0 Å². The van der Waals surface area contributed by atoms with Crippen LogP contribution in [0.1, 0.15) is 31.4 Å². The highest BCUT2D eigenvalue weighted by atomic mass is 16.4. The Morgan fingerprint density at radius 2 is 2.00 bits per heavy atom. The SMILES string of the molecule is CC.Cc1cccc(CCC(=O)O)c1. The van der Waals surface area contributed by atoms with E-state index in [-0.39, 0.29) is 6.42 Å². The molecule has 0 unspecified atom stereocenters. The summed E-state index contributed by atoms with van der Waals surface area (Å²) >= 11 is 0. The summed E-state index contributed by atoms with van der Waals surface area (Å²) in [5, 5.41) is 8.44. The van der Waals surface area contributed by atoms with E-state index in [0.717, 1.165) is 5.56 Å². The first-order valence-corrected chi connectivity index (χ1v) is 4.96. The van der Waals surface area contributed by atoms with Gasteiger partial charge in [-0.05, 0) is 18.9 Å². The lowest BCUT2D eigenvalue weighted by molar-refractivity contribution is -0.136. The van der Waals surface area contributed by atoms with Gasteiger partial charge in [-0.1, -0.05) is 43.7 Å². The smallest absolute Gasteiger partial charge is 0.303 e. The number of carbonyl (C=O) groups is 1. The van der Waals surface area contributed by atoms with E-state index in [1.54, 1.807) is 0 Å². The first kappa shape index (κ1) is 12.7. The molecule has 14 heavy (non-hydrogen) atoms. The van der Waals surface area contributed by atoms with Crippen molar-refractivity contribution in [1.82, 2.24) is 0 Å².